The Balaban J connectivity index is 0.942. The van der Waals surface area contributed by atoms with Gasteiger partial charge in [-0.1, -0.05) is 51.1 Å². The lowest BCUT2D eigenvalue weighted by Gasteiger charge is -2.37. The number of alkyl halides is 2. The molecule has 4 amide bonds. The largest absolute Gasteiger partial charge is 0.453 e. The number of likely N-dealkylation sites (tertiary alicyclic amines) is 1. The van der Waals surface area contributed by atoms with E-state index in [0.717, 1.165) is 43.2 Å². The van der Waals surface area contributed by atoms with Crippen LogP contribution in [-0.2, 0) is 31.5 Å². The van der Waals surface area contributed by atoms with Gasteiger partial charge in [0.25, 0.3) is 5.92 Å². The molecule has 16 heteroatoms. The van der Waals surface area contributed by atoms with Gasteiger partial charge in [-0.05, 0) is 95.9 Å². The summed E-state index contributed by atoms with van der Waals surface area (Å²) in [4.78, 5) is 70.6. The minimum absolute atomic E-state index is 0.00260. The maximum absolute atomic E-state index is 16.5. The summed E-state index contributed by atoms with van der Waals surface area (Å²) in [5.74, 6) is -2.51. The van der Waals surface area contributed by atoms with Crippen LogP contribution in [0, 0.1) is 17.3 Å². The quantitative estimate of drug-likeness (QED) is 0.0991. The molecule has 3 aromatic carbocycles. The number of alkyl carbamates (subject to hydrolysis) is 2. The molecule has 2 saturated carbocycles. The van der Waals surface area contributed by atoms with E-state index in [1.807, 2.05) is 43.0 Å². The van der Waals surface area contributed by atoms with Crippen LogP contribution in [0.3, 0.4) is 0 Å². The zero-order valence-electron chi connectivity index (χ0n) is 35.3. The van der Waals surface area contributed by atoms with E-state index >= 15 is 8.78 Å². The van der Waals surface area contributed by atoms with E-state index in [1.54, 1.807) is 35.4 Å². The number of benzene rings is 3. The number of amides is 4. The highest BCUT2D eigenvalue weighted by molar-refractivity contribution is 5.89. The first-order chi connectivity index (χ1) is 29.7. The van der Waals surface area contributed by atoms with Crippen LogP contribution >= 0.6 is 0 Å². The Morgan fingerprint density at radius 3 is 2.29 bits per heavy atom. The average Bonchev–Trinajstić information content (AvgIpc) is 3.84. The first kappa shape index (κ1) is 41.1. The molecule has 1 saturated heterocycles. The maximum Gasteiger partial charge on any atom is 0.407 e. The van der Waals surface area contributed by atoms with Gasteiger partial charge in [0.05, 0.1) is 49.7 Å². The summed E-state index contributed by atoms with van der Waals surface area (Å²) in [7, 11) is 2.51. The van der Waals surface area contributed by atoms with E-state index in [1.165, 1.54) is 20.3 Å². The number of carbonyl (C=O) groups excluding carboxylic acids is 4. The molecule has 4 aliphatic rings. The molecule has 9 rings (SSSR count). The Bertz CT molecular complexity index is 2600. The first-order valence-electron chi connectivity index (χ1n) is 21.1. The van der Waals surface area contributed by atoms with Gasteiger partial charge in [-0.2, -0.15) is 8.78 Å². The van der Waals surface area contributed by atoms with Crippen LogP contribution in [0.5, 0.6) is 0 Å². The topological polar surface area (TPSA) is 175 Å². The number of carbonyl (C=O) groups is 4. The zero-order valence-corrected chi connectivity index (χ0v) is 35.3. The van der Waals surface area contributed by atoms with Gasteiger partial charge in [-0.15, -0.1) is 0 Å². The van der Waals surface area contributed by atoms with E-state index in [4.69, 9.17) is 9.72 Å². The van der Waals surface area contributed by atoms with Crippen molar-refractivity contribution in [2.75, 3.05) is 27.3 Å². The number of hydrogen-bond donors (Lipinski definition) is 4. The highest BCUT2D eigenvalue weighted by atomic mass is 19.3. The summed E-state index contributed by atoms with van der Waals surface area (Å²) in [5.41, 5.74) is 4.58. The average molecular weight is 849 g/mol. The van der Waals surface area contributed by atoms with Crippen LogP contribution in [-0.4, -0.2) is 93.1 Å². The summed E-state index contributed by atoms with van der Waals surface area (Å²) in [6.07, 6.45) is 4.92. The number of methoxy groups -OCH3 is 2. The van der Waals surface area contributed by atoms with E-state index in [2.05, 4.69) is 37.2 Å². The van der Waals surface area contributed by atoms with Crippen LogP contribution in [0.25, 0.3) is 44.5 Å². The molecule has 62 heavy (non-hydrogen) atoms. The number of rotatable bonds is 12. The fourth-order valence-corrected chi connectivity index (χ4v) is 9.60. The van der Waals surface area contributed by atoms with E-state index in [-0.39, 0.29) is 65.4 Å². The molecule has 2 bridgehead atoms. The molecule has 3 fully saturated rings. The monoisotopic (exact) mass is 848 g/mol. The molecule has 1 aliphatic heterocycles. The normalized spacial score (nSPS) is 20.5. The molecular formula is C46H50F2N8O6. The Kier molecular flexibility index (Phi) is 10.3. The Labute approximate surface area is 357 Å². The number of aromatic amines is 2. The Morgan fingerprint density at radius 2 is 1.60 bits per heavy atom. The van der Waals surface area contributed by atoms with Crippen molar-refractivity contribution in [2.24, 2.45) is 17.3 Å². The molecule has 324 valence electrons. The lowest BCUT2D eigenvalue weighted by molar-refractivity contribution is -0.139. The van der Waals surface area contributed by atoms with Crippen molar-refractivity contribution in [1.29, 1.82) is 0 Å². The third-order valence-electron chi connectivity index (χ3n) is 13.2. The number of fused-ring (bicyclic) bond motifs is 6. The van der Waals surface area contributed by atoms with Gasteiger partial charge in [-0.25, -0.2) is 19.6 Å². The van der Waals surface area contributed by atoms with E-state index < -0.39 is 24.2 Å². The van der Waals surface area contributed by atoms with E-state index in [9.17, 15) is 19.2 Å². The number of H-pyrrole nitrogens is 2. The Hall–Kier alpha value is -6.32. The van der Waals surface area contributed by atoms with Gasteiger partial charge in [0.2, 0.25) is 11.8 Å². The molecule has 3 aliphatic carbocycles. The van der Waals surface area contributed by atoms with Crippen LogP contribution in [0.1, 0.15) is 81.7 Å². The number of nitrogens with zero attached hydrogens (tertiary/aromatic N) is 4. The second-order valence-corrected chi connectivity index (χ2v) is 17.9. The number of aromatic nitrogens is 4. The molecule has 3 heterocycles. The van der Waals surface area contributed by atoms with Crippen molar-refractivity contribution >= 4 is 35.0 Å². The number of nitrogens with one attached hydrogen (secondary N) is 4. The van der Waals surface area contributed by atoms with Gasteiger partial charge >= 0.3 is 12.2 Å². The molecule has 5 aromatic rings. The molecule has 0 spiro atoms. The van der Waals surface area contributed by atoms with Crippen LogP contribution in [0.2, 0.25) is 0 Å². The van der Waals surface area contributed by atoms with Crippen molar-refractivity contribution in [3.63, 3.8) is 0 Å². The number of imidazole rings is 2. The standard InChI is InChI=1S/C46H50F2N8O6/c1-24(2)39(54-44(60)62-5)42(58)56-29-10-6-28(16-29)40(56)41-52-34-13-9-26(19-35(34)53-41)25-7-11-30-31-12-8-27(18-33(31)46(47,48)32(30)17-25)36-20-49-37(51-36)22-55(23-45(3)14-15-45)38(57)21-50-43(59)61-4/h7-9,11-13,17-20,24,28-29,39-40H,6,10,14-16,21-23H2,1-5H3,(H,49,51)(H,50,59)(H,52,53)(H,54,60)/t28-,29+,39?,40-/m0/s1. The zero-order chi connectivity index (χ0) is 43.7. The van der Waals surface area contributed by atoms with Crippen molar-refractivity contribution in [2.45, 2.75) is 83.5 Å². The van der Waals surface area contributed by atoms with Crippen molar-refractivity contribution in [1.82, 2.24) is 40.4 Å². The third-order valence-corrected chi connectivity index (χ3v) is 13.2. The highest BCUT2D eigenvalue weighted by Crippen LogP contribution is 2.53. The predicted molar refractivity (Wildman–Crippen MR) is 226 cm³/mol. The molecule has 14 nitrogen and oxygen atoms in total. The van der Waals surface area contributed by atoms with Crippen LogP contribution in [0.4, 0.5) is 18.4 Å². The lowest BCUT2D eigenvalue weighted by atomic mass is 9.95. The molecular weight excluding hydrogens is 799 g/mol. The summed E-state index contributed by atoms with van der Waals surface area (Å²) in [6.45, 7) is 6.31. The van der Waals surface area contributed by atoms with Crippen LogP contribution < -0.4 is 10.6 Å². The number of ether oxygens (including phenoxy) is 2. The minimum atomic E-state index is -3.28. The molecule has 4 N–H and O–H groups in total. The van der Waals surface area contributed by atoms with Crippen LogP contribution in [0.15, 0.2) is 60.8 Å². The summed E-state index contributed by atoms with van der Waals surface area (Å²) < 4.78 is 42.5. The smallest absolute Gasteiger partial charge is 0.407 e. The lowest BCUT2D eigenvalue weighted by Crippen LogP contribution is -2.54. The van der Waals surface area contributed by atoms with E-state index in [0.29, 0.717) is 51.7 Å². The minimum Gasteiger partial charge on any atom is -0.453 e. The molecule has 2 aromatic heterocycles. The highest BCUT2D eigenvalue weighted by Gasteiger charge is 2.52. The second-order valence-electron chi connectivity index (χ2n) is 17.9. The number of halogens is 2. The summed E-state index contributed by atoms with van der Waals surface area (Å²) in [6, 6.07) is 14.8. The maximum atomic E-state index is 16.5. The second kappa shape index (κ2) is 15.5. The fourth-order valence-electron chi connectivity index (χ4n) is 9.60. The van der Waals surface area contributed by atoms with Crippen molar-refractivity contribution in [3.8, 4) is 33.5 Å². The molecule has 0 radical (unpaired) electrons. The van der Waals surface area contributed by atoms with Gasteiger partial charge in [0.1, 0.15) is 24.2 Å². The SMILES string of the molecule is COC(=O)NCC(=O)N(Cc1ncc(-c2ccc3c(c2)C(F)(F)c2cc(-c4ccc5nc([C@@H]6[C@H]7CC[C@H](C7)N6C(=O)C(NC(=O)OC)C(C)C)[nH]c5c4)ccc2-3)[nH]1)CC1(C)CC1. The predicted octanol–water partition coefficient (Wildman–Crippen LogP) is 7.66. The van der Waals surface area contributed by atoms with Crippen molar-refractivity contribution < 1.29 is 37.4 Å². The fraction of sp³-hybridized carbons (Fsp3) is 0.435. The van der Waals surface area contributed by atoms with Gasteiger partial charge in [-0.3, -0.25) is 9.59 Å². The molecule has 1 unspecified atom stereocenters. The summed E-state index contributed by atoms with van der Waals surface area (Å²) in [5, 5.41) is 5.17. The number of hydrogen-bond acceptors (Lipinski definition) is 8. The van der Waals surface area contributed by atoms with Gasteiger partial charge in [0, 0.05) is 29.3 Å². The molecule has 4 atom stereocenters. The van der Waals surface area contributed by atoms with Crippen molar-refractivity contribution in [3.05, 3.63) is 83.6 Å². The summed E-state index contributed by atoms with van der Waals surface area (Å²) >= 11 is 0. The number of piperidine rings is 1. The van der Waals surface area contributed by atoms with Gasteiger partial charge in [0.15, 0.2) is 0 Å². The first-order valence-corrected chi connectivity index (χ1v) is 21.1. The third kappa shape index (κ3) is 7.42. The van der Waals surface area contributed by atoms with Gasteiger partial charge < -0.3 is 39.9 Å². The Morgan fingerprint density at radius 1 is 0.919 bits per heavy atom.